The highest BCUT2D eigenvalue weighted by Crippen LogP contribution is 2.57. The van der Waals surface area contributed by atoms with Crippen molar-refractivity contribution in [3.8, 4) is 0 Å². The summed E-state index contributed by atoms with van der Waals surface area (Å²) in [6, 6.07) is 0. The number of rotatable bonds is 3. The molecule has 4 nitrogen and oxygen atoms in total. The van der Waals surface area contributed by atoms with Gasteiger partial charge in [-0.25, -0.2) is 0 Å². The number of alkyl halides is 3. The van der Waals surface area contributed by atoms with E-state index in [1.54, 1.807) is 13.8 Å². The minimum Gasteiger partial charge on any atom is -0.481 e. The molecule has 0 radical (unpaired) electrons. The Morgan fingerprint density at radius 3 is 2.40 bits per heavy atom. The third-order valence-corrected chi connectivity index (χ3v) is 2.55. The summed E-state index contributed by atoms with van der Waals surface area (Å²) in [6.07, 6.45) is -3.93. The van der Waals surface area contributed by atoms with Gasteiger partial charge in [-0.05, 0) is 5.41 Å². The molecule has 1 aliphatic carbocycles. The molecule has 1 saturated carbocycles. The van der Waals surface area contributed by atoms with Crippen LogP contribution in [-0.4, -0.2) is 23.7 Å². The Kier molecular flexibility index (Phi) is 2.67. The minimum absolute atomic E-state index is 0.516. The first-order valence-corrected chi connectivity index (χ1v) is 4.17. The van der Waals surface area contributed by atoms with Crippen LogP contribution in [-0.2, 0) is 9.63 Å². The Morgan fingerprint density at radius 2 is 2.07 bits per heavy atom. The summed E-state index contributed by atoms with van der Waals surface area (Å²) >= 11 is 0. The summed E-state index contributed by atoms with van der Waals surface area (Å²) in [6.45, 7) is 3.30. The molecular weight excluding hydrogens is 215 g/mol. The fourth-order valence-corrected chi connectivity index (χ4v) is 1.58. The van der Waals surface area contributed by atoms with Crippen LogP contribution in [0.2, 0.25) is 0 Å². The predicted octanol–water partition coefficient (Wildman–Crippen LogP) is 1.87. The van der Waals surface area contributed by atoms with Crippen molar-refractivity contribution in [2.75, 3.05) is 0 Å². The lowest BCUT2D eigenvalue weighted by Crippen LogP contribution is -2.09. The SMILES string of the molecule is CC1(C)C(C=NOC(F)(F)F)[C@H]1C(=O)O. The van der Waals surface area contributed by atoms with Gasteiger partial charge in [0.15, 0.2) is 0 Å². The van der Waals surface area contributed by atoms with Gasteiger partial charge in [0.25, 0.3) is 0 Å². The Balaban J connectivity index is 2.52. The lowest BCUT2D eigenvalue weighted by molar-refractivity contribution is -0.325. The highest BCUT2D eigenvalue weighted by molar-refractivity contribution is 5.84. The second kappa shape index (κ2) is 3.39. The maximum absolute atomic E-state index is 11.5. The molecule has 0 spiro atoms. The summed E-state index contributed by atoms with van der Waals surface area (Å²) in [5.41, 5.74) is -0.565. The number of aliphatic carboxylic acids is 1. The van der Waals surface area contributed by atoms with Gasteiger partial charge in [-0.2, -0.15) is 0 Å². The molecule has 0 aromatic rings. The second-order valence-corrected chi connectivity index (χ2v) is 3.95. The quantitative estimate of drug-likeness (QED) is 0.589. The monoisotopic (exact) mass is 225 g/mol. The van der Waals surface area contributed by atoms with Gasteiger partial charge in [0, 0.05) is 12.1 Å². The van der Waals surface area contributed by atoms with Crippen molar-refractivity contribution >= 4 is 12.2 Å². The van der Waals surface area contributed by atoms with Gasteiger partial charge >= 0.3 is 12.3 Å². The molecule has 1 rings (SSSR count). The first-order chi connectivity index (χ1) is 6.66. The van der Waals surface area contributed by atoms with Gasteiger partial charge in [-0.3, -0.25) is 9.63 Å². The molecule has 86 valence electrons. The molecule has 1 N–H and O–H groups in total. The zero-order valence-corrected chi connectivity index (χ0v) is 8.08. The van der Waals surface area contributed by atoms with Crippen LogP contribution in [0.15, 0.2) is 5.16 Å². The fourth-order valence-electron chi connectivity index (χ4n) is 1.58. The first kappa shape index (κ1) is 11.8. The minimum atomic E-state index is -4.83. The van der Waals surface area contributed by atoms with Crippen LogP contribution in [0.3, 0.4) is 0 Å². The number of carboxylic acid groups (broad SMARTS) is 1. The fraction of sp³-hybridized carbons (Fsp3) is 0.750. The molecule has 0 saturated heterocycles. The van der Waals surface area contributed by atoms with Crippen LogP contribution in [0, 0.1) is 17.3 Å². The molecule has 0 amide bonds. The summed E-state index contributed by atoms with van der Waals surface area (Å²) in [5.74, 6) is -2.25. The van der Waals surface area contributed by atoms with E-state index in [1.807, 2.05) is 0 Å². The molecule has 0 aromatic carbocycles. The lowest BCUT2D eigenvalue weighted by atomic mass is 10.1. The van der Waals surface area contributed by atoms with Crippen molar-refractivity contribution in [2.45, 2.75) is 20.2 Å². The lowest BCUT2D eigenvalue weighted by Gasteiger charge is -2.00. The number of halogens is 3. The summed E-state index contributed by atoms with van der Waals surface area (Å²) in [4.78, 5) is 13.8. The van der Waals surface area contributed by atoms with Crippen LogP contribution in [0.25, 0.3) is 0 Å². The molecule has 0 aromatic heterocycles. The van der Waals surface area contributed by atoms with Crippen LogP contribution in [0.4, 0.5) is 13.2 Å². The maximum atomic E-state index is 11.5. The van der Waals surface area contributed by atoms with E-state index < -0.39 is 29.6 Å². The summed E-state index contributed by atoms with van der Waals surface area (Å²) in [5, 5.41) is 11.4. The normalized spacial score (nSPS) is 29.1. The first-order valence-electron chi connectivity index (χ1n) is 4.17. The zero-order valence-electron chi connectivity index (χ0n) is 8.08. The van der Waals surface area contributed by atoms with Crippen LogP contribution < -0.4 is 0 Å². The smallest absolute Gasteiger partial charge is 0.481 e. The highest BCUT2D eigenvalue weighted by atomic mass is 19.4. The summed E-state index contributed by atoms with van der Waals surface area (Å²) < 4.78 is 34.6. The van der Waals surface area contributed by atoms with E-state index in [4.69, 9.17) is 5.11 Å². The van der Waals surface area contributed by atoms with E-state index in [1.165, 1.54) is 0 Å². The topological polar surface area (TPSA) is 58.9 Å². The number of nitrogens with zero attached hydrogens (tertiary/aromatic N) is 1. The average Bonchev–Trinajstić information content (AvgIpc) is 2.50. The molecule has 0 bridgehead atoms. The van der Waals surface area contributed by atoms with Gasteiger partial charge in [-0.1, -0.05) is 19.0 Å². The average molecular weight is 225 g/mol. The Hall–Kier alpha value is -1.27. The van der Waals surface area contributed by atoms with Gasteiger partial charge < -0.3 is 5.11 Å². The predicted molar refractivity (Wildman–Crippen MR) is 44.0 cm³/mol. The van der Waals surface area contributed by atoms with Crippen LogP contribution in [0.1, 0.15) is 13.8 Å². The van der Waals surface area contributed by atoms with Crippen LogP contribution >= 0.6 is 0 Å². The van der Waals surface area contributed by atoms with Crippen LogP contribution in [0.5, 0.6) is 0 Å². The third-order valence-electron chi connectivity index (χ3n) is 2.55. The number of carbonyl (C=O) groups is 1. The van der Waals surface area contributed by atoms with Crippen molar-refractivity contribution in [1.29, 1.82) is 0 Å². The molecule has 0 heterocycles. The summed E-state index contributed by atoms with van der Waals surface area (Å²) in [7, 11) is 0. The van der Waals surface area contributed by atoms with Crippen molar-refractivity contribution in [2.24, 2.45) is 22.4 Å². The second-order valence-electron chi connectivity index (χ2n) is 3.95. The molecule has 2 atom stereocenters. The number of oxime groups is 1. The van der Waals surface area contributed by atoms with Crippen molar-refractivity contribution in [3.63, 3.8) is 0 Å². The number of hydrogen-bond acceptors (Lipinski definition) is 3. The number of carboxylic acids is 1. The van der Waals surface area contributed by atoms with E-state index in [2.05, 4.69) is 9.99 Å². The molecule has 1 unspecified atom stereocenters. The maximum Gasteiger partial charge on any atom is 0.593 e. The molecule has 0 aliphatic heterocycles. The largest absolute Gasteiger partial charge is 0.593 e. The van der Waals surface area contributed by atoms with Crippen molar-refractivity contribution in [1.82, 2.24) is 0 Å². The van der Waals surface area contributed by atoms with E-state index in [9.17, 15) is 18.0 Å². The zero-order chi connectivity index (χ0) is 11.9. The van der Waals surface area contributed by atoms with Gasteiger partial charge in [-0.15, -0.1) is 13.2 Å². The van der Waals surface area contributed by atoms with Gasteiger partial charge in [0.2, 0.25) is 0 Å². The molecular formula is C8H10F3NO3. The Labute approximate surface area is 83.7 Å². The van der Waals surface area contributed by atoms with E-state index in [0.717, 1.165) is 6.21 Å². The molecule has 1 fully saturated rings. The Morgan fingerprint density at radius 1 is 1.53 bits per heavy atom. The standard InChI is InChI=1S/C8H10F3NO3/c1-7(2)4(5(7)6(13)14)3-12-15-8(9,10)11/h3-5H,1-2H3,(H,13,14)/t4?,5-/m0/s1. The van der Waals surface area contributed by atoms with E-state index in [-0.39, 0.29) is 0 Å². The molecule has 7 heteroatoms. The van der Waals surface area contributed by atoms with E-state index in [0.29, 0.717) is 0 Å². The Bertz CT molecular complexity index is 298. The molecule has 15 heavy (non-hydrogen) atoms. The number of hydrogen-bond donors (Lipinski definition) is 1. The van der Waals surface area contributed by atoms with Crippen molar-refractivity contribution in [3.05, 3.63) is 0 Å². The van der Waals surface area contributed by atoms with E-state index >= 15 is 0 Å². The van der Waals surface area contributed by atoms with Gasteiger partial charge in [0.05, 0.1) is 5.92 Å². The van der Waals surface area contributed by atoms with Crippen molar-refractivity contribution < 1.29 is 27.9 Å². The highest BCUT2D eigenvalue weighted by Gasteiger charge is 2.61. The molecule has 1 aliphatic rings. The van der Waals surface area contributed by atoms with Gasteiger partial charge in [0.1, 0.15) is 0 Å². The third kappa shape index (κ3) is 2.60.